The molecule has 11 heteroatoms. The van der Waals surface area contributed by atoms with Gasteiger partial charge in [-0.2, -0.15) is 0 Å². The lowest BCUT2D eigenvalue weighted by Crippen LogP contribution is -2.52. The summed E-state index contributed by atoms with van der Waals surface area (Å²) < 4.78 is 45.2. The van der Waals surface area contributed by atoms with Crippen molar-refractivity contribution in [3.8, 4) is 17.2 Å². The van der Waals surface area contributed by atoms with E-state index in [1.54, 1.807) is 62.6 Å². The van der Waals surface area contributed by atoms with Crippen molar-refractivity contribution in [1.82, 2.24) is 10.2 Å². The SMILES string of the molecule is CCC(C)NC(=O)C(C)N(Cc1ccc(OC)cc1)C(=O)CN(c1ccc(OC)c(OC)c1)S(=O)(=O)c1ccc(C)cc1. The summed E-state index contributed by atoms with van der Waals surface area (Å²) in [6.45, 7) is 6.83. The van der Waals surface area contributed by atoms with E-state index in [2.05, 4.69) is 5.32 Å². The largest absolute Gasteiger partial charge is 0.497 e. The second-order valence-electron chi connectivity index (χ2n) is 10.2. The monoisotopic (exact) mass is 611 g/mol. The molecule has 0 fully saturated rings. The molecule has 0 bridgehead atoms. The highest BCUT2D eigenvalue weighted by Gasteiger charge is 2.33. The third kappa shape index (κ3) is 8.19. The van der Waals surface area contributed by atoms with Crippen molar-refractivity contribution in [2.45, 2.75) is 57.6 Å². The number of hydrogen-bond donors (Lipinski definition) is 1. The quantitative estimate of drug-likeness (QED) is 0.285. The van der Waals surface area contributed by atoms with Crippen LogP contribution in [0.25, 0.3) is 0 Å². The van der Waals surface area contributed by atoms with E-state index in [0.717, 1.165) is 15.4 Å². The Labute approximate surface area is 254 Å². The summed E-state index contributed by atoms with van der Waals surface area (Å²) in [7, 11) is 0.258. The van der Waals surface area contributed by atoms with Crippen LogP contribution in [0.15, 0.2) is 71.6 Å². The Morgan fingerprint density at radius 2 is 1.49 bits per heavy atom. The van der Waals surface area contributed by atoms with E-state index in [1.807, 2.05) is 20.8 Å². The molecule has 0 aliphatic carbocycles. The van der Waals surface area contributed by atoms with Gasteiger partial charge in [0.15, 0.2) is 11.5 Å². The zero-order chi connectivity index (χ0) is 31.7. The fourth-order valence-corrected chi connectivity index (χ4v) is 5.73. The highest BCUT2D eigenvalue weighted by molar-refractivity contribution is 7.92. The standard InChI is InChI=1S/C32H41N3O7S/c1-8-23(3)33-32(37)24(4)34(20-25-11-14-27(40-5)15-12-25)31(36)21-35(26-13-18-29(41-6)30(19-26)42-7)43(38,39)28-16-9-22(2)10-17-28/h9-19,23-24H,8,20-21H2,1-7H3,(H,33,37). The Morgan fingerprint density at radius 1 is 0.860 bits per heavy atom. The smallest absolute Gasteiger partial charge is 0.264 e. The van der Waals surface area contributed by atoms with Crippen LogP contribution in [0.4, 0.5) is 5.69 Å². The number of benzene rings is 3. The lowest BCUT2D eigenvalue weighted by atomic mass is 10.1. The summed E-state index contributed by atoms with van der Waals surface area (Å²) in [6, 6.07) is 17.2. The zero-order valence-electron chi connectivity index (χ0n) is 25.8. The Balaban J connectivity index is 2.08. The van der Waals surface area contributed by atoms with E-state index >= 15 is 0 Å². The number of rotatable bonds is 14. The summed E-state index contributed by atoms with van der Waals surface area (Å²) in [4.78, 5) is 28.8. The predicted molar refractivity (Wildman–Crippen MR) is 166 cm³/mol. The highest BCUT2D eigenvalue weighted by Crippen LogP contribution is 2.34. The van der Waals surface area contributed by atoms with Gasteiger partial charge in [-0.1, -0.05) is 36.8 Å². The van der Waals surface area contributed by atoms with Crippen LogP contribution in [-0.2, 0) is 26.2 Å². The summed E-state index contributed by atoms with van der Waals surface area (Å²) in [5.74, 6) is 0.450. The molecule has 0 saturated carbocycles. The van der Waals surface area contributed by atoms with E-state index in [1.165, 1.54) is 37.3 Å². The van der Waals surface area contributed by atoms with E-state index in [9.17, 15) is 18.0 Å². The van der Waals surface area contributed by atoms with Gasteiger partial charge < -0.3 is 24.4 Å². The maximum absolute atomic E-state index is 14.1. The Kier molecular flexibility index (Phi) is 11.4. The topological polar surface area (TPSA) is 114 Å². The van der Waals surface area contributed by atoms with Crippen LogP contribution in [0.3, 0.4) is 0 Å². The third-order valence-corrected chi connectivity index (χ3v) is 9.01. The summed E-state index contributed by atoms with van der Waals surface area (Å²) >= 11 is 0. The van der Waals surface area contributed by atoms with Crippen molar-refractivity contribution in [2.75, 3.05) is 32.2 Å². The molecular weight excluding hydrogens is 570 g/mol. The molecule has 0 heterocycles. The first-order valence-corrected chi connectivity index (χ1v) is 15.4. The second kappa shape index (κ2) is 14.8. The molecule has 0 saturated heterocycles. The number of ether oxygens (including phenoxy) is 3. The molecule has 0 aromatic heterocycles. The summed E-state index contributed by atoms with van der Waals surface area (Å²) in [5.41, 5.74) is 1.84. The van der Waals surface area contributed by atoms with Gasteiger partial charge in [-0.05, 0) is 69.2 Å². The lowest BCUT2D eigenvalue weighted by Gasteiger charge is -2.32. The van der Waals surface area contributed by atoms with Gasteiger partial charge in [0.25, 0.3) is 10.0 Å². The van der Waals surface area contributed by atoms with E-state index < -0.39 is 28.5 Å². The summed E-state index contributed by atoms with van der Waals surface area (Å²) in [6.07, 6.45) is 0.715. The Bertz CT molecular complexity index is 1490. The number of nitrogens with one attached hydrogen (secondary N) is 1. The van der Waals surface area contributed by atoms with Crippen LogP contribution in [0.5, 0.6) is 17.2 Å². The van der Waals surface area contributed by atoms with Crippen molar-refractivity contribution in [3.63, 3.8) is 0 Å². The first-order valence-electron chi connectivity index (χ1n) is 14.0. The van der Waals surface area contributed by atoms with Crippen molar-refractivity contribution >= 4 is 27.5 Å². The van der Waals surface area contributed by atoms with Gasteiger partial charge in [0.1, 0.15) is 18.3 Å². The molecule has 3 aromatic rings. The fraction of sp³-hybridized carbons (Fsp3) is 0.375. The average Bonchev–Trinajstić information content (AvgIpc) is 3.01. The van der Waals surface area contributed by atoms with E-state index in [0.29, 0.717) is 23.7 Å². The summed E-state index contributed by atoms with van der Waals surface area (Å²) in [5, 5.41) is 2.93. The van der Waals surface area contributed by atoms with Gasteiger partial charge in [0.05, 0.1) is 31.9 Å². The van der Waals surface area contributed by atoms with Gasteiger partial charge in [0.2, 0.25) is 11.8 Å². The number of hydrogen-bond acceptors (Lipinski definition) is 7. The van der Waals surface area contributed by atoms with Crippen LogP contribution in [0.2, 0.25) is 0 Å². The maximum Gasteiger partial charge on any atom is 0.264 e. The number of nitrogens with zero attached hydrogens (tertiary/aromatic N) is 2. The minimum atomic E-state index is -4.22. The van der Waals surface area contributed by atoms with Crippen molar-refractivity contribution in [1.29, 1.82) is 0 Å². The maximum atomic E-state index is 14.1. The molecule has 43 heavy (non-hydrogen) atoms. The molecule has 1 N–H and O–H groups in total. The molecule has 3 rings (SSSR count). The predicted octanol–water partition coefficient (Wildman–Crippen LogP) is 4.55. The van der Waals surface area contributed by atoms with Crippen LogP contribution in [0, 0.1) is 6.92 Å². The van der Waals surface area contributed by atoms with Gasteiger partial charge in [0, 0.05) is 18.7 Å². The molecule has 2 unspecified atom stereocenters. The zero-order valence-corrected chi connectivity index (χ0v) is 26.6. The van der Waals surface area contributed by atoms with Crippen molar-refractivity contribution < 1.29 is 32.2 Å². The fourth-order valence-electron chi connectivity index (χ4n) is 4.32. The number of anilines is 1. The van der Waals surface area contributed by atoms with Gasteiger partial charge in [-0.25, -0.2) is 8.42 Å². The third-order valence-electron chi connectivity index (χ3n) is 7.22. The lowest BCUT2D eigenvalue weighted by molar-refractivity contribution is -0.139. The molecule has 3 aromatic carbocycles. The molecule has 0 aliphatic heterocycles. The van der Waals surface area contributed by atoms with Crippen LogP contribution < -0.4 is 23.8 Å². The van der Waals surface area contributed by atoms with Crippen LogP contribution in [0.1, 0.15) is 38.3 Å². The van der Waals surface area contributed by atoms with Gasteiger partial charge in [-0.15, -0.1) is 0 Å². The molecule has 0 spiro atoms. The molecule has 0 radical (unpaired) electrons. The number of aryl methyl sites for hydroxylation is 1. The van der Waals surface area contributed by atoms with Crippen LogP contribution in [-0.4, -0.2) is 65.1 Å². The van der Waals surface area contributed by atoms with E-state index in [-0.39, 0.29) is 29.1 Å². The van der Waals surface area contributed by atoms with Gasteiger partial charge >= 0.3 is 0 Å². The molecule has 2 amide bonds. The molecule has 2 atom stereocenters. The normalized spacial score (nSPS) is 12.5. The first kappa shape index (κ1) is 33.3. The van der Waals surface area contributed by atoms with Crippen LogP contribution >= 0.6 is 0 Å². The van der Waals surface area contributed by atoms with E-state index in [4.69, 9.17) is 14.2 Å². The van der Waals surface area contributed by atoms with Crippen molar-refractivity contribution in [3.05, 3.63) is 77.9 Å². The number of carbonyl (C=O) groups is 2. The molecule has 10 nitrogen and oxygen atoms in total. The first-order chi connectivity index (χ1) is 20.4. The number of methoxy groups -OCH3 is 3. The second-order valence-corrected chi connectivity index (χ2v) is 12.1. The van der Waals surface area contributed by atoms with Crippen molar-refractivity contribution in [2.24, 2.45) is 0 Å². The molecule has 0 aliphatic rings. The molecule has 232 valence electrons. The number of carbonyl (C=O) groups excluding carboxylic acids is 2. The molecular formula is C32H41N3O7S. The minimum absolute atomic E-state index is 0.0185. The average molecular weight is 612 g/mol. The highest BCUT2D eigenvalue weighted by atomic mass is 32.2. The minimum Gasteiger partial charge on any atom is -0.497 e. The number of amides is 2. The van der Waals surface area contributed by atoms with Gasteiger partial charge in [-0.3, -0.25) is 13.9 Å². The Hall–Kier alpha value is -4.25. The number of sulfonamides is 1. The Morgan fingerprint density at radius 3 is 2.05 bits per heavy atom.